The summed E-state index contributed by atoms with van der Waals surface area (Å²) in [5.74, 6) is -0.684. The van der Waals surface area contributed by atoms with Crippen LogP contribution in [0.25, 0.3) is 38.2 Å². The van der Waals surface area contributed by atoms with Crippen molar-refractivity contribution in [2.24, 2.45) is 0 Å². The molecular formula is C29H27N2O6S5+. The van der Waals surface area contributed by atoms with Gasteiger partial charge in [0.15, 0.2) is 6.54 Å². The van der Waals surface area contributed by atoms with Crippen molar-refractivity contribution in [1.82, 2.24) is 0 Å². The molecule has 0 saturated heterocycles. The summed E-state index contributed by atoms with van der Waals surface area (Å²) in [6.07, 6.45) is 2.55. The Morgan fingerprint density at radius 2 is 1.67 bits per heavy atom. The van der Waals surface area contributed by atoms with Crippen LogP contribution in [-0.2, 0) is 26.8 Å². The normalized spacial score (nSPS) is 14.8. The van der Waals surface area contributed by atoms with Crippen LogP contribution in [-0.4, -0.2) is 44.0 Å². The molecule has 42 heavy (non-hydrogen) atoms. The molecule has 218 valence electrons. The molecule has 0 bridgehead atoms. The number of rotatable bonds is 10. The number of benzene rings is 3. The third-order valence-corrected chi connectivity index (χ3v) is 11.5. The van der Waals surface area contributed by atoms with Crippen molar-refractivity contribution in [3.63, 3.8) is 0 Å². The van der Waals surface area contributed by atoms with Gasteiger partial charge in [-0.05, 0) is 64.0 Å². The van der Waals surface area contributed by atoms with Gasteiger partial charge in [0.05, 0.1) is 33.7 Å². The third kappa shape index (κ3) is 6.42. The summed E-state index contributed by atoms with van der Waals surface area (Å²) >= 11 is 4.80. The molecule has 6 rings (SSSR count). The van der Waals surface area contributed by atoms with E-state index in [1.807, 2.05) is 29.6 Å². The highest BCUT2D eigenvalue weighted by molar-refractivity contribution is 8.04. The molecule has 0 saturated carbocycles. The van der Waals surface area contributed by atoms with Gasteiger partial charge in [0.2, 0.25) is 5.52 Å². The number of thiazole rings is 1. The molecule has 5 aromatic rings. The lowest BCUT2D eigenvalue weighted by molar-refractivity contribution is -0.667. The van der Waals surface area contributed by atoms with Crippen LogP contribution in [0.5, 0.6) is 0 Å². The molecule has 1 aliphatic heterocycles. The van der Waals surface area contributed by atoms with Crippen molar-refractivity contribution in [3.05, 3.63) is 81.5 Å². The van der Waals surface area contributed by atoms with Crippen LogP contribution in [0.1, 0.15) is 17.8 Å². The van der Waals surface area contributed by atoms with E-state index in [0.717, 1.165) is 52.7 Å². The fourth-order valence-corrected chi connectivity index (χ4v) is 9.14. The lowest BCUT2D eigenvalue weighted by Crippen LogP contribution is -2.36. The Hall–Kier alpha value is -2.78. The van der Waals surface area contributed by atoms with Crippen LogP contribution in [0.4, 0.5) is 5.69 Å². The number of fused-ring (bicyclic) bond motifs is 4. The average Bonchev–Trinajstić information content (AvgIpc) is 3.66. The lowest BCUT2D eigenvalue weighted by atomic mass is 10.1. The predicted octanol–water partition coefficient (Wildman–Crippen LogP) is 6.54. The van der Waals surface area contributed by atoms with E-state index < -0.39 is 20.2 Å². The van der Waals surface area contributed by atoms with Crippen molar-refractivity contribution in [2.75, 3.05) is 23.0 Å². The Kier molecular flexibility index (Phi) is 8.17. The molecule has 0 radical (unpaired) electrons. The molecule has 13 heteroatoms. The summed E-state index contributed by atoms with van der Waals surface area (Å²) in [5.41, 5.74) is 4.13. The van der Waals surface area contributed by atoms with Gasteiger partial charge in [-0.1, -0.05) is 53.4 Å². The molecule has 0 amide bonds. The molecular weight excluding hydrogens is 633 g/mol. The van der Waals surface area contributed by atoms with E-state index in [2.05, 4.69) is 57.3 Å². The van der Waals surface area contributed by atoms with E-state index in [9.17, 15) is 25.9 Å². The predicted molar refractivity (Wildman–Crippen MR) is 173 cm³/mol. The number of hydrogen-bond acceptors (Lipinski definition) is 8. The maximum absolute atomic E-state index is 11.5. The number of thioether (sulfide) groups is 1. The molecule has 1 aliphatic rings. The summed E-state index contributed by atoms with van der Waals surface area (Å²) in [4.78, 5) is 3.13. The smallest absolute Gasteiger partial charge is 0.265 e. The summed E-state index contributed by atoms with van der Waals surface area (Å²) < 4.78 is 68.0. The van der Waals surface area contributed by atoms with Crippen LogP contribution < -0.4 is 9.47 Å². The van der Waals surface area contributed by atoms with Gasteiger partial charge < -0.3 is 4.90 Å². The van der Waals surface area contributed by atoms with Crippen LogP contribution in [0.15, 0.2) is 81.3 Å². The van der Waals surface area contributed by atoms with Crippen molar-refractivity contribution in [3.8, 4) is 11.1 Å². The minimum absolute atomic E-state index is 0.240. The molecule has 0 atom stereocenters. The minimum atomic E-state index is -4.11. The number of aryl methyl sites for hydroxylation is 1. The van der Waals surface area contributed by atoms with Gasteiger partial charge in [-0.25, -0.2) is 0 Å². The first kappa shape index (κ1) is 29.3. The molecule has 0 unspecified atom stereocenters. The molecule has 3 aromatic carbocycles. The molecule has 2 aromatic heterocycles. The summed E-state index contributed by atoms with van der Waals surface area (Å²) in [6.45, 7) is 0.769. The van der Waals surface area contributed by atoms with Gasteiger partial charge in [0, 0.05) is 17.9 Å². The molecule has 0 aliphatic carbocycles. The zero-order valence-corrected chi connectivity index (χ0v) is 26.3. The van der Waals surface area contributed by atoms with E-state index in [1.165, 1.54) is 0 Å². The van der Waals surface area contributed by atoms with Gasteiger partial charge >= 0.3 is 0 Å². The minimum Gasteiger partial charge on any atom is -0.335 e. The standard InChI is InChI=1S/C29H26N2O6S5/c32-41(33,34)15-3-12-30-24-17-21(22-11-14-38-19-22)8-9-25(24)39-27(30)18-28-31(13-4-16-42(35,36)37)29-23-6-2-1-5-20(23)7-10-26(29)40-28/h1-2,5-11,14,17-19H,3-4,12-13,15-16H2,(H-,32,33,34,35,36,37)/p+1. The zero-order chi connectivity index (χ0) is 29.5. The molecule has 0 fully saturated rings. The monoisotopic (exact) mass is 659 g/mol. The van der Waals surface area contributed by atoms with Crippen LogP contribution >= 0.6 is 34.4 Å². The summed E-state index contributed by atoms with van der Waals surface area (Å²) in [6, 6.07) is 20.5. The SMILES string of the molecule is O=S(=O)(O)CCCN1C(=Cc2sc3ccc4ccccc4c3[n+]2CCCS(=O)(=O)O)Sc2ccc(-c3ccsc3)cc21. The maximum atomic E-state index is 11.5. The fraction of sp³-hybridized carbons (Fsp3) is 0.207. The van der Waals surface area contributed by atoms with Crippen molar-refractivity contribution in [1.29, 1.82) is 0 Å². The van der Waals surface area contributed by atoms with Crippen LogP contribution in [0, 0.1) is 0 Å². The summed E-state index contributed by atoms with van der Waals surface area (Å²) in [5, 5.41) is 8.04. The first-order valence-electron chi connectivity index (χ1n) is 13.1. The maximum Gasteiger partial charge on any atom is 0.265 e. The van der Waals surface area contributed by atoms with Crippen molar-refractivity contribution in [2.45, 2.75) is 24.3 Å². The van der Waals surface area contributed by atoms with Gasteiger partial charge in [-0.2, -0.15) is 32.7 Å². The first-order valence-corrected chi connectivity index (χ1v) is 18.9. The second-order valence-electron chi connectivity index (χ2n) is 9.94. The highest BCUT2D eigenvalue weighted by Crippen LogP contribution is 2.48. The number of thiophene rings is 1. The Morgan fingerprint density at radius 1 is 0.881 bits per heavy atom. The number of nitrogens with zero attached hydrogens (tertiary/aromatic N) is 2. The zero-order valence-electron chi connectivity index (χ0n) is 22.2. The second kappa shape index (κ2) is 11.7. The van der Waals surface area contributed by atoms with E-state index in [4.69, 9.17) is 0 Å². The van der Waals surface area contributed by atoms with E-state index >= 15 is 0 Å². The highest BCUT2D eigenvalue weighted by atomic mass is 32.2. The topological polar surface area (TPSA) is 116 Å². The number of anilines is 1. The van der Waals surface area contributed by atoms with Crippen molar-refractivity contribution >= 4 is 87.4 Å². The Labute approximate surface area is 256 Å². The summed E-state index contributed by atoms with van der Waals surface area (Å²) in [7, 11) is -8.21. The van der Waals surface area contributed by atoms with Gasteiger partial charge in [-0.3, -0.25) is 9.11 Å². The van der Waals surface area contributed by atoms with Crippen LogP contribution in [0.3, 0.4) is 0 Å². The van der Waals surface area contributed by atoms with Crippen LogP contribution in [0.2, 0.25) is 0 Å². The van der Waals surface area contributed by atoms with Gasteiger partial charge in [0.1, 0.15) is 4.70 Å². The quantitative estimate of drug-likeness (QED) is 0.128. The largest absolute Gasteiger partial charge is 0.335 e. The second-order valence-corrected chi connectivity index (χ2v) is 16.0. The fourth-order valence-electron chi connectivity index (χ4n) is 5.17. The van der Waals surface area contributed by atoms with Gasteiger partial charge in [-0.15, -0.1) is 0 Å². The highest BCUT2D eigenvalue weighted by Gasteiger charge is 2.29. The van der Waals surface area contributed by atoms with E-state index in [-0.39, 0.29) is 24.3 Å². The molecule has 2 N–H and O–H groups in total. The molecule has 3 heterocycles. The molecule has 0 spiro atoms. The van der Waals surface area contributed by atoms with Gasteiger partial charge in [0.25, 0.3) is 25.2 Å². The Balaban J connectivity index is 1.45. The Morgan fingerprint density at radius 3 is 2.43 bits per heavy atom. The average molecular weight is 660 g/mol. The van der Waals surface area contributed by atoms with E-state index in [0.29, 0.717) is 13.1 Å². The molecule has 8 nitrogen and oxygen atoms in total. The first-order chi connectivity index (χ1) is 20.1. The number of hydrogen-bond donors (Lipinski definition) is 2. The lowest BCUT2D eigenvalue weighted by Gasteiger charge is -2.20. The van der Waals surface area contributed by atoms with Crippen molar-refractivity contribution < 1.29 is 30.5 Å². The third-order valence-electron chi connectivity index (χ3n) is 7.01. The number of aromatic nitrogens is 1. The van der Waals surface area contributed by atoms with E-state index in [1.54, 1.807) is 34.4 Å². The Bertz CT molecular complexity index is 2030.